The molecule has 146 valence electrons. The van der Waals surface area contributed by atoms with E-state index < -0.39 is 0 Å². The summed E-state index contributed by atoms with van der Waals surface area (Å²) in [5.74, 6) is 0.159. The molecule has 3 rings (SSSR count). The predicted molar refractivity (Wildman–Crippen MR) is 102 cm³/mol. The Morgan fingerprint density at radius 1 is 1.07 bits per heavy atom. The maximum atomic E-state index is 12.6. The van der Waals surface area contributed by atoms with Gasteiger partial charge in [0.2, 0.25) is 5.91 Å². The Morgan fingerprint density at radius 2 is 1.74 bits per heavy atom. The quantitative estimate of drug-likeness (QED) is 0.848. The van der Waals surface area contributed by atoms with Crippen molar-refractivity contribution in [1.29, 1.82) is 0 Å². The SMILES string of the molecule is CCOC(=O)N1CCN(C(=O)Nc2cc(NC(=O)C3CC3)ccc2C)CC1. The summed E-state index contributed by atoms with van der Waals surface area (Å²) in [5, 5.41) is 5.80. The Morgan fingerprint density at radius 3 is 2.37 bits per heavy atom. The van der Waals surface area contributed by atoms with Gasteiger partial charge in [-0.15, -0.1) is 0 Å². The number of amides is 4. The van der Waals surface area contributed by atoms with Gasteiger partial charge in [0.15, 0.2) is 0 Å². The smallest absolute Gasteiger partial charge is 0.409 e. The number of hydrogen-bond acceptors (Lipinski definition) is 4. The molecule has 0 bridgehead atoms. The van der Waals surface area contributed by atoms with Gasteiger partial charge in [0.1, 0.15) is 0 Å². The second-order valence-corrected chi connectivity index (χ2v) is 6.90. The molecule has 1 aromatic rings. The van der Waals surface area contributed by atoms with E-state index in [1.165, 1.54) is 0 Å². The third kappa shape index (κ3) is 4.90. The molecule has 8 heteroatoms. The van der Waals surface area contributed by atoms with Crippen LogP contribution in [0.3, 0.4) is 0 Å². The van der Waals surface area contributed by atoms with Crippen molar-refractivity contribution in [1.82, 2.24) is 9.80 Å². The molecule has 0 atom stereocenters. The highest BCUT2D eigenvalue weighted by Gasteiger charge is 2.29. The van der Waals surface area contributed by atoms with Crippen LogP contribution in [-0.2, 0) is 9.53 Å². The van der Waals surface area contributed by atoms with Gasteiger partial charge in [-0.2, -0.15) is 0 Å². The van der Waals surface area contributed by atoms with Crippen molar-refractivity contribution in [2.75, 3.05) is 43.4 Å². The average molecular weight is 374 g/mol. The molecule has 0 radical (unpaired) electrons. The molecule has 1 heterocycles. The minimum absolute atomic E-state index is 0.0335. The number of nitrogens with one attached hydrogen (secondary N) is 2. The van der Waals surface area contributed by atoms with Gasteiger partial charge in [-0.3, -0.25) is 4.79 Å². The lowest BCUT2D eigenvalue weighted by molar-refractivity contribution is -0.117. The number of urea groups is 1. The monoisotopic (exact) mass is 374 g/mol. The molecule has 1 aromatic carbocycles. The first-order valence-corrected chi connectivity index (χ1v) is 9.37. The first-order valence-electron chi connectivity index (χ1n) is 9.37. The van der Waals surface area contributed by atoms with Crippen molar-refractivity contribution in [3.05, 3.63) is 23.8 Å². The molecule has 2 aliphatic rings. The van der Waals surface area contributed by atoms with Crippen LogP contribution in [0.2, 0.25) is 0 Å². The predicted octanol–water partition coefficient (Wildman–Crippen LogP) is 2.65. The molecular weight excluding hydrogens is 348 g/mol. The Labute approximate surface area is 158 Å². The minimum Gasteiger partial charge on any atom is -0.450 e. The number of nitrogens with zero attached hydrogens (tertiary/aromatic N) is 2. The van der Waals surface area contributed by atoms with Crippen LogP contribution in [0.1, 0.15) is 25.3 Å². The molecule has 0 aromatic heterocycles. The van der Waals surface area contributed by atoms with Gasteiger partial charge in [-0.1, -0.05) is 6.07 Å². The molecule has 1 aliphatic heterocycles. The van der Waals surface area contributed by atoms with Gasteiger partial charge >= 0.3 is 12.1 Å². The van der Waals surface area contributed by atoms with Crippen molar-refractivity contribution in [2.45, 2.75) is 26.7 Å². The molecule has 1 saturated heterocycles. The highest BCUT2D eigenvalue weighted by molar-refractivity contribution is 5.96. The van der Waals surface area contributed by atoms with Crippen molar-refractivity contribution < 1.29 is 19.1 Å². The second kappa shape index (κ2) is 8.28. The van der Waals surface area contributed by atoms with Crippen LogP contribution >= 0.6 is 0 Å². The maximum absolute atomic E-state index is 12.6. The summed E-state index contributed by atoms with van der Waals surface area (Å²) in [5.41, 5.74) is 2.26. The van der Waals surface area contributed by atoms with Gasteiger partial charge in [-0.05, 0) is 44.4 Å². The summed E-state index contributed by atoms with van der Waals surface area (Å²) in [6, 6.07) is 5.27. The van der Waals surface area contributed by atoms with Crippen molar-refractivity contribution in [3.8, 4) is 0 Å². The van der Waals surface area contributed by atoms with Crippen LogP contribution in [0.5, 0.6) is 0 Å². The Kier molecular flexibility index (Phi) is 5.83. The van der Waals surface area contributed by atoms with E-state index in [2.05, 4.69) is 10.6 Å². The molecule has 27 heavy (non-hydrogen) atoms. The third-order valence-electron chi connectivity index (χ3n) is 4.79. The molecule has 2 N–H and O–H groups in total. The van der Waals surface area contributed by atoms with E-state index in [1.54, 1.807) is 22.8 Å². The summed E-state index contributed by atoms with van der Waals surface area (Å²) >= 11 is 0. The van der Waals surface area contributed by atoms with Crippen LogP contribution in [-0.4, -0.2) is 60.6 Å². The number of carbonyl (C=O) groups excluding carboxylic acids is 3. The van der Waals surface area contributed by atoms with Gasteiger partial charge < -0.3 is 25.2 Å². The lowest BCUT2D eigenvalue weighted by Gasteiger charge is -2.34. The zero-order valence-corrected chi connectivity index (χ0v) is 15.8. The van der Waals surface area contributed by atoms with Crippen LogP contribution in [0, 0.1) is 12.8 Å². The molecule has 0 spiro atoms. The van der Waals surface area contributed by atoms with E-state index in [4.69, 9.17) is 4.74 Å². The third-order valence-corrected chi connectivity index (χ3v) is 4.79. The molecule has 4 amide bonds. The Hall–Kier alpha value is -2.77. The van der Waals surface area contributed by atoms with Gasteiger partial charge in [-0.25, -0.2) is 9.59 Å². The van der Waals surface area contributed by atoms with Crippen LogP contribution in [0.15, 0.2) is 18.2 Å². The first kappa shape index (κ1) is 19.0. The van der Waals surface area contributed by atoms with Crippen LogP contribution < -0.4 is 10.6 Å². The van der Waals surface area contributed by atoms with Crippen molar-refractivity contribution >= 4 is 29.4 Å². The fraction of sp³-hybridized carbons (Fsp3) is 0.526. The molecule has 8 nitrogen and oxygen atoms in total. The summed E-state index contributed by atoms with van der Waals surface area (Å²) in [7, 11) is 0. The second-order valence-electron chi connectivity index (χ2n) is 6.90. The largest absolute Gasteiger partial charge is 0.450 e. The lowest BCUT2D eigenvalue weighted by Crippen LogP contribution is -2.51. The summed E-state index contributed by atoms with van der Waals surface area (Å²) in [4.78, 5) is 39.5. The van der Waals surface area contributed by atoms with Gasteiger partial charge in [0.05, 0.1) is 6.61 Å². The molecule has 0 unspecified atom stereocenters. The Balaban J connectivity index is 1.56. The number of rotatable bonds is 4. The van der Waals surface area contributed by atoms with Crippen LogP contribution in [0.4, 0.5) is 21.0 Å². The highest BCUT2D eigenvalue weighted by atomic mass is 16.6. The number of hydrogen-bond donors (Lipinski definition) is 2. The topological polar surface area (TPSA) is 91.0 Å². The minimum atomic E-state index is -0.340. The molecule has 1 saturated carbocycles. The van der Waals surface area contributed by atoms with Crippen molar-refractivity contribution in [3.63, 3.8) is 0 Å². The highest BCUT2D eigenvalue weighted by Crippen LogP contribution is 2.30. The van der Waals surface area contributed by atoms with Crippen molar-refractivity contribution in [2.24, 2.45) is 5.92 Å². The number of carbonyl (C=O) groups is 3. The van der Waals surface area contributed by atoms with Gasteiger partial charge in [0.25, 0.3) is 0 Å². The van der Waals surface area contributed by atoms with E-state index in [-0.39, 0.29) is 23.9 Å². The zero-order valence-electron chi connectivity index (χ0n) is 15.8. The average Bonchev–Trinajstić information content (AvgIpc) is 3.50. The Bertz CT molecular complexity index is 724. The van der Waals surface area contributed by atoms with E-state index in [9.17, 15) is 14.4 Å². The van der Waals surface area contributed by atoms with E-state index >= 15 is 0 Å². The fourth-order valence-corrected chi connectivity index (χ4v) is 2.93. The normalized spacial score (nSPS) is 16.7. The number of ether oxygens (including phenoxy) is 1. The standard InChI is InChI=1S/C19H26N4O4/c1-3-27-19(26)23-10-8-22(9-11-23)18(25)21-16-12-15(7-4-13(16)2)20-17(24)14-5-6-14/h4,7,12,14H,3,5-6,8-11H2,1-2H3,(H,20,24)(H,21,25). The molecule has 2 fully saturated rings. The van der Waals surface area contributed by atoms with Gasteiger partial charge in [0, 0.05) is 43.5 Å². The summed E-state index contributed by atoms with van der Waals surface area (Å²) < 4.78 is 4.99. The number of aryl methyl sites for hydroxylation is 1. The number of piperazine rings is 1. The van der Waals surface area contributed by atoms with E-state index in [0.717, 1.165) is 18.4 Å². The number of anilines is 2. The maximum Gasteiger partial charge on any atom is 0.409 e. The van der Waals surface area contributed by atoms with E-state index in [0.29, 0.717) is 44.2 Å². The summed E-state index contributed by atoms with van der Waals surface area (Å²) in [6.07, 6.45) is 1.55. The lowest BCUT2D eigenvalue weighted by atomic mass is 10.1. The van der Waals surface area contributed by atoms with Crippen LogP contribution in [0.25, 0.3) is 0 Å². The zero-order chi connectivity index (χ0) is 19.4. The molecular formula is C19H26N4O4. The first-order chi connectivity index (χ1) is 13.0. The summed E-state index contributed by atoms with van der Waals surface area (Å²) in [6.45, 7) is 5.80. The number of benzene rings is 1. The van der Waals surface area contributed by atoms with E-state index in [1.807, 2.05) is 19.1 Å². The fourth-order valence-electron chi connectivity index (χ4n) is 2.93. The molecule has 1 aliphatic carbocycles.